The van der Waals surface area contributed by atoms with E-state index in [1.807, 2.05) is 0 Å². The Kier molecular flexibility index (Phi) is 1.78. The smallest absolute Gasteiger partial charge is 0.150 e. The van der Waals surface area contributed by atoms with Crippen molar-refractivity contribution >= 4 is 11.6 Å². The fraction of sp³-hybridized carbons (Fsp3) is 0.333. The standard InChI is InChI=1S/C6H7ClO2/c1-4(8)6-5(7)2-3-9-6/h2-4,8H,1H3. The summed E-state index contributed by atoms with van der Waals surface area (Å²) in [6, 6.07) is 1.60. The molecule has 1 aromatic rings. The molecule has 0 spiro atoms. The summed E-state index contributed by atoms with van der Waals surface area (Å²) in [7, 11) is 0. The van der Waals surface area contributed by atoms with Crippen molar-refractivity contribution in [2.45, 2.75) is 13.0 Å². The van der Waals surface area contributed by atoms with Crippen LogP contribution >= 0.6 is 11.6 Å². The molecule has 0 fully saturated rings. The van der Waals surface area contributed by atoms with Crippen LogP contribution in [0.4, 0.5) is 0 Å². The van der Waals surface area contributed by atoms with Gasteiger partial charge in [-0.15, -0.1) is 0 Å². The highest BCUT2D eigenvalue weighted by atomic mass is 35.5. The van der Waals surface area contributed by atoms with Crippen LogP contribution in [-0.4, -0.2) is 5.11 Å². The van der Waals surface area contributed by atoms with Gasteiger partial charge in [-0.3, -0.25) is 0 Å². The van der Waals surface area contributed by atoms with Crippen LogP contribution in [0.25, 0.3) is 0 Å². The maximum Gasteiger partial charge on any atom is 0.150 e. The number of rotatable bonds is 1. The molecule has 0 aliphatic rings. The van der Waals surface area contributed by atoms with Crippen molar-refractivity contribution in [1.82, 2.24) is 0 Å². The van der Waals surface area contributed by atoms with Gasteiger partial charge in [-0.05, 0) is 13.0 Å². The van der Waals surface area contributed by atoms with Crippen molar-refractivity contribution in [1.29, 1.82) is 0 Å². The van der Waals surface area contributed by atoms with Crippen LogP contribution in [-0.2, 0) is 0 Å². The molecule has 1 N–H and O–H groups in total. The van der Waals surface area contributed by atoms with Crippen LogP contribution in [0.3, 0.4) is 0 Å². The molecular formula is C6H7ClO2. The maximum atomic E-state index is 8.92. The summed E-state index contributed by atoms with van der Waals surface area (Å²) in [5, 5.41) is 9.39. The lowest BCUT2D eigenvalue weighted by Crippen LogP contribution is -1.86. The van der Waals surface area contributed by atoms with Crippen LogP contribution in [0, 0.1) is 0 Å². The second-order valence-electron chi connectivity index (χ2n) is 1.81. The molecule has 0 aliphatic carbocycles. The molecule has 0 bridgehead atoms. The van der Waals surface area contributed by atoms with E-state index in [9.17, 15) is 0 Å². The van der Waals surface area contributed by atoms with Crippen molar-refractivity contribution in [3.8, 4) is 0 Å². The molecule has 0 aromatic carbocycles. The van der Waals surface area contributed by atoms with Gasteiger partial charge in [0.1, 0.15) is 11.9 Å². The zero-order valence-electron chi connectivity index (χ0n) is 4.97. The van der Waals surface area contributed by atoms with Crippen molar-refractivity contribution < 1.29 is 9.52 Å². The lowest BCUT2D eigenvalue weighted by molar-refractivity contribution is 0.169. The molecule has 0 radical (unpaired) electrons. The average molecular weight is 147 g/mol. The zero-order valence-corrected chi connectivity index (χ0v) is 5.72. The normalized spacial score (nSPS) is 13.7. The minimum Gasteiger partial charge on any atom is -0.465 e. The molecule has 2 nitrogen and oxygen atoms in total. The predicted molar refractivity (Wildman–Crippen MR) is 34.4 cm³/mol. The van der Waals surface area contributed by atoms with Gasteiger partial charge in [0.05, 0.1) is 11.3 Å². The van der Waals surface area contributed by atoms with Gasteiger partial charge in [0.2, 0.25) is 0 Å². The van der Waals surface area contributed by atoms with Crippen molar-refractivity contribution in [2.75, 3.05) is 0 Å². The second kappa shape index (κ2) is 2.42. The highest BCUT2D eigenvalue weighted by molar-refractivity contribution is 6.31. The van der Waals surface area contributed by atoms with Crippen LogP contribution in [0.15, 0.2) is 16.7 Å². The number of hydrogen-bond donors (Lipinski definition) is 1. The molecule has 1 heterocycles. The third-order valence-corrected chi connectivity index (χ3v) is 1.34. The number of halogens is 1. The molecule has 0 aliphatic heterocycles. The monoisotopic (exact) mass is 146 g/mol. The van der Waals surface area contributed by atoms with Gasteiger partial charge in [-0.2, -0.15) is 0 Å². The quantitative estimate of drug-likeness (QED) is 0.657. The van der Waals surface area contributed by atoms with E-state index in [-0.39, 0.29) is 0 Å². The fourth-order valence-corrected chi connectivity index (χ4v) is 0.857. The van der Waals surface area contributed by atoms with E-state index >= 15 is 0 Å². The minimum atomic E-state index is -0.618. The first-order chi connectivity index (χ1) is 4.22. The van der Waals surface area contributed by atoms with Crippen molar-refractivity contribution in [2.24, 2.45) is 0 Å². The summed E-state index contributed by atoms with van der Waals surface area (Å²) in [5.41, 5.74) is 0. The molecule has 0 saturated heterocycles. The van der Waals surface area contributed by atoms with E-state index in [1.165, 1.54) is 6.26 Å². The Balaban J connectivity index is 2.94. The average Bonchev–Trinajstić information content (AvgIpc) is 2.13. The second-order valence-corrected chi connectivity index (χ2v) is 2.22. The van der Waals surface area contributed by atoms with Crippen LogP contribution in [0.5, 0.6) is 0 Å². The molecule has 0 saturated carbocycles. The molecule has 9 heavy (non-hydrogen) atoms. The summed E-state index contributed by atoms with van der Waals surface area (Å²) in [6.45, 7) is 1.60. The number of aliphatic hydroxyl groups excluding tert-OH is 1. The maximum absolute atomic E-state index is 8.92. The Labute approximate surface area is 58.1 Å². The molecule has 1 unspecified atom stereocenters. The number of hydrogen-bond acceptors (Lipinski definition) is 2. The highest BCUT2D eigenvalue weighted by Gasteiger charge is 2.08. The molecule has 0 amide bonds. The molecule has 1 rings (SSSR count). The van der Waals surface area contributed by atoms with E-state index in [1.54, 1.807) is 13.0 Å². The zero-order chi connectivity index (χ0) is 6.85. The first-order valence-electron chi connectivity index (χ1n) is 2.63. The van der Waals surface area contributed by atoms with Crippen LogP contribution in [0.1, 0.15) is 18.8 Å². The van der Waals surface area contributed by atoms with Gasteiger partial charge in [0.15, 0.2) is 0 Å². The molecular weight excluding hydrogens is 140 g/mol. The lowest BCUT2D eigenvalue weighted by Gasteiger charge is -1.97. The van der Waals surface area contributed by atoms with Gasteiger partial charge < -0.3 is 9.52 Å². The predicted octanol–water partition coefficient (Wildman–Crippen LogP) is 1.99. The third-order valence-electron chi connectivity index (χ3n) is 1.02. The van der Waals surface area contributed by atoms with Crippen molar-refractivity contribution in [3.63, 3.8) is 0 Å². The van der Waals surface area contributed by atoms with E-state index in [2.05, 4.69) is 0 Å². The Bertz CT molecular complexity index is 193. The molecule has 1 atom stereocenters. The van der Waals surface area contributed by atoms with Gasteiger partial charge in [0.25, 0.3) is 0 Å². The number of aliphatic hydroxyl groups is 1. The van der Waals surface area contributed by atoms with E-state index in [0.29, 0.717) is 10.8 Å². The summed E-state index contributed by atoms with van der Waals surface area (Å²) < 4.78 is 4.84. The largest absolute Gasteiger partial charge is 0.465 e. The van der Waals surface area contributed by atoms with Gasteiger partial charge in [-0.1, -0.05) is 11.6 Å². The van der Waals surface area contributed by atoms with Crippen LogP contribution in [0.2, 0.25) is 5.02 Å². The minimum absolute atomic E-state index is 0.427. The lowest BCUT2D eigenvalue weighted by atomic mass is 10.3. The Morgan fingerprint density at radius 2 is 2.44 bits per heavy atom. The Morgan fingerprint density at radius 3 is 2.67 bits per heavy atom. The van der Waals surface area contributed by atoms with Gasteiger partial charge in [-0.25, -0.2) is 0 Å². The first-order valence-corrected chi connectivity index (χ1v) is 3.00. The third kappa shape index (κ3) is 1.26. The Morgan fingerprint density at radius 1 is 1.78 bits per heavy atom. The SMILES string of the molecule is CC(O)c1occc1Cl. The van der Waals surface area contributed by atoms with E-state index < -0.39 is 6.10 Å². The number of furan rings is 1. The summed E-state index contributed by atoms with van der Waals surface area (Å²) in [4.78, 5) is 0. The van der Waals surface area contributed by atoms with E-state index in [0.717, 1.165) is 0 Å². The fourth-order valence-electron chi connectivity index (χ4n) is 0.604. The van der Waals surface area contributed by atoms with Gasteiger partial charge in [0, 0.05) is 0 Å². The molecule has 50 valence electrons. The first kappa shape index (κ1) is 6.65. The Hall–Kier alpha value is -0.470. The molecule has 3 heteroatoms. The van der Waals surface area contributed by atoms with Gasteiger partial charge >= 0.3 is 0 Å². The summed E-state index contributed by atoms with van der Waals surface area (Å²) in [6.07, 6.45) is 0.831. The highest BCUT2D eigenvalue weighted by Crippen LogP contribution is 2.22. The summed E-state index contributed by atoms with van der Waals surface area (Å²) >= 11 is 5.58. The van der Waals surface area contributed by atoms with Crippen LogP contribution < -0.4 is 0 Å². The summed E-state index contributed by atoms with van der Waals surface area (Å²) in [5.74, 6) is 0.427. The van der Waals surface area contributed by atoms with Crippen molar-refractivity contribution in [3.05, 3.63) is 23.1 Å². The van der Waals surface area contributed by atoms with E-state index in [4.69, 9.17) is 21.1 Å². The molecule has 1 aromatic heterocycles. The topological polar surface area (TPSA) is 33.4 Å².